The van der Waals surface area contributed by atoms with E-state index in [-0.39, 0.29) is 11.5 Å². The van der Waals surface area contributed by atoms with Crippen molar-refractivity contribution >= 4 is 22.4 Å². The molecule has 0 saturated heterocycles. The molecule has 0 fully saturated rings. The summed E-state index contributed by atoms with van der Waals surface area (Å²) in [5, 5.41) is 5.49. The van der Waals surface area contributed by atoms with E-state index in [0.29, 0.717) is 35.3 Å². The lowest BCUT2D eigenvalue weighted by molar-refractivity contribution is 0.0979. The van der Waals surface area contributed by atoms with Gasteiger partial charge >= 0.3 is 0 Å². The number of ether oxygens (including phenoxy) is 1. The minimum atomic E-state index is -0.209. The van der Waals surface area contributed by atoms with E-state index in [0.717, 1.165) is 24.1 Å². The third kappa shape index (κ3) is 2.77. The molecule has 1 aromatic heterocycles. The van der Waals surface area contributed by atoms with Gasteiger partial charge in [0.1, 0.15) is 5.75 Å². The predicted octanol–water partition coefficient (Wildman–Crippen LogP) is 3.02. The van der Waals surface area contributed by atoms with Gasteiger partial charge in [0.15, 0.2) is 5.69 Å². The topological polar surface area (TPSA) is 64.4 Å². The van der Waals surface area contributed by atoms with Gasteiger partial charge in [0.25, 0.3) is 11.5 Å². The Balaban J connectivity index is 1.91. The van der Waals surface area contributed by atoms with Gasteiger partial charge in [-0.05, 0) is 37.5 Å². The summed E-state index contributed by atoms with van der Waals surface area (Å²) in [5.74, 6) is 0.465. The highest BCUT2D eigenvalue weighted by Gasteiger charge is 2.29. The van der Waals surface area contributed by atoms with E-state index in [2.05, 4.69) is 5.10 Å². The van der Waals surface area contributed by atoms with Crippen LogP contribution in [0.5, 0.6) is 5.75 Å². The highest BCUT2D eigenvalue weighted by Crippen LogP contribution is 2.37. The number of benzene rings is 2. The molecule has 2 heterocycles. The van der Waals surface area contributed by atoms with Crippen molar-refractivity contribution < 1.29 is 9.53 Å². The maximum absolute atomic E-state index is 13.5. The van der Waals surface area contributed by atoms with Crippen LogP contribution in [-0.4, -0.2) is 29.3 Å². The molecule has 3 aromatic rings. The fraction of sp³-hybridized carbons (Fsp3) is 0.286. The van der Waals surface area contributed by atoms with Gasteiger partial charge in [-0.25, -0.2) is 4.68 Å². The van der Waals surface area contributed by atoms with E-state index >= 15 is 0 Å². The molecule has 138 valence electrons. The molecule has 6 nitrogen and oxygen atoms in total. The Hall–Kier alpha value is -3.15. The lowest BCUT2D eigenvalue weighted by Crippen LogP contribution is -2.38. The first kappa shape index (κ1) is 17.3. The van der Waals surface area contributed by atoms with Gasteiger partial charge < -0.3 is 9.64 Å². The second kappa shape index (κ2) is 6.87. The Labute approximate surface area is 157 Å². The summed E-state index contributed by atoms with van der Waals surface area (Å²) in [5.41, 5.74) is 2.01. The molecule has 0 aliphatic carbocycles. The molecule has 1 amide bonds. The summed E-state index contributed by atoms with van der Waals surface area (Å²) in [6.07, 6.45) is 1.77. The van der Waals surface area contributed by atoms with Crippen LogP contribution < -0.4 is 15.2 Å². The van der Waals surface area contributed by atoms with Crippen LogP contribution in [0.4, 0.5) is 5.69 Å². The number of anilines is 1. The average molecular weight is 363 g/mol. The Morgan fingerprint density at radius 3 is 2.67 bits per heavy atom. The highest BCUT2D eigenvalue weighted by atomic mass is 16.5. The quantitative estimate of drug-likeness (QED) is 0.718. The van der Waals surface area contributed by atoms with Gasteiger partial charge in [-0.3, -0.25) is 9.59 Å². The van der Waals surface area contributed by atoms with Crippen molar-refractivity contribution in [3.8, 4) is 5.75 Å². The van der Waals surface area contributed by atoms with E-state index in [1.807, 2.05) is 31.2 Å². The molecule has 0 unspecified atom stereocenters. The van der Waals surface area contributed by atoms with Crippen molar-refractivity contribution in [2.75, 3.05) is 18.6 Å². The zero-order valence-corrected chi connectivity index (χ0v) is 15.4. The van der Waals surface area contributed by atoms with E-state index in [4.69, 9.17) is 4.74 Å². The van der Waals surface area contributed by atoms with Crippen LogP contribution in [0.15, 0.2) is 47.3 Å². The van der Waals surface area contributed by atoms with Crippen molar-refractivity contribution in [2.24, 2.45) is 0 Å². The van der Waals surface area contributed by atoms with Crippen LogP contribution in [0, 0.1) is 0 Å². The SMILES string of the molecule is CCn1nc(C(=O)N2CCCc3cccc(OC)c32)c2ccccc2c1=O. The van der Waals surface area contributed by atoms with E-state index < -0.39 is 0 Å². The van der Waals surface area contributed by atoms with Gasteiger partial charge in [0.2, 0.25) is 0 Å². The minimum absolute atomic E-state index is 0.179. The van der Waals surface area contributed by atoms with Crippen LogP contribution >= 0.6 is 0 Å². The van der Waals surface area contributed by atoms with Crippen LogP contribution in [0.2, 0.25) is 0 Å². The molecule has 0 bridgehead atoms. The number of carbonyl (C=O) groups excluding carboxylic acids is 1. The molecule has 1 aliphatic rings. The van der Waals surface area contributed by atoms with E-state index in [1.165, 1.54) is 4.68 Å². The molecule has 2 aromatic carbocycles. The Morgan fingerprint density at radius 2 is 1.93 bits per heavy atom. The second-order valence-corrected chi connectivity index (χ2v) is 6.54. The number of nitrogens with zero attached hydrogens (tertiary/aromatic N) is 3. The number of aryl methyl sites for hydroxylation is 2. The number of hydrogen-bond acceptors (Lipinski definition) is 4. The highest BCUT2D eigenvalue weighted by molar-refractivity contribution is 6.13. The smallest absolute Gasteiger partial charge is 0.279 e. The number of fused-ring (bicyclic) bond motifs is 2. The molecule has 0 spiro atoms. The van der Waals surface area contributed by atoms with Gasteiger partial charge in [0.05, 0.1) is 18.2 Å². The summed E-state index contributed by atoms with van der Waals surface area (Å²) in [4.78, 5) is 27.8. The minimum Gasteiger partial charge on any atom is -0.495 e. The predicted molar refractivity (Wildman–Crippen MR) is 105 cm³/mol. The van der Waals surface area contributed by atoms with Gasteiger partial charge in [-0.15, -0.1) is 0 Å². The lowest BCUT2D eigenvalue weighted by atomic mass is 10.00. The molecule has 0 radical (unpaired) electrons. The van der Waals surface area contributed by atoms with Crippen molar-refractivity contribution in [1.82, 2.24) is 9.78 Å². The fourth-order valence-corrected chi connectivity index (χ4v) is 3.72. The number of hydrogen-bond donors (Lipinski definition) is 0. The Morgan fingerprint density at radius 1 is 1.15 bits per heavy atom. The van der Waals surface area contributed by atoms with Gasteiger partial charge in [-0.1, -0.05) is 30.3 Å². The number of para-hydroxylation sites is 1. The maximum atomic E-state index is 13.5. The standard InChI is InChI=1S/C21H21N3O3/c1-3-24-20(25)16-11-5-4-10-15(16)18(22-24)21(26)23-13-7-9-14-8-6-12-17(27-2)19(14)23/h4-6,8,10-12H,3,7,9,13H2,1-2H3. The zero-order valence-electron chi connectivity index (χ0n) is 15.4. The zero-order chi connectivity index (χ0) is 19.0. The van der Waals surface area contributed by atoms with Crippen LogP contribution in [0.3, 0.4) is 0 Å². The van der Waals surface area contributed by atoms with Crippen molar-refractivity contribution in [2.45, 2.75) is 26.3 Å². The van der Waals surface area contributed by atoms with Crippen molar-refractivity contribution in [3.63, 3.8) is 0 Å². The normalized spacial score (nSPS) is 13.5. The fourth-order valence-electron chi connectivity index (χ4n) is 3.72. The molecule has 27 heavy (non-hydrogen) atoms. The number of rotatable bonds is 3. The number of carbonyl (C=O) groups is 1. The molecule has 0 saturated carbocycles. The van der Waals surface area contributed by atoms with Crippen LogP contribution in [0.25, 0.3) is 10.8 Å². The summed E-state index contributed by atoms with van der Waals surface area (Å²) in [6.45, 7) is 2.84. The first-order valence-electron chi connectivity index (χ1n) is 9.13. The molecular weight excluding hydrogens is 342 g/mol. The molecular formula is C21H21N3O3. The summed E-state index contributed by atoms with van der Waals surface area (Å²) in [7, 11) is 1.61. The molecule has 4 rings (SSSR count). The first-order chi connectivity index (χ1) is 13.2. The van der Waals surface area contributed by atoms with Crippen LogP contribution in [-0.2, 0) is 13.0 Å². The molecule has 1 aliphatic heterocycles. The number of amides is 1. The molecule has 6 heteroatoms. The van der Waals surface area contributed by atoms with Gasteiger partial charge in [0, 0.05) is 18.5 Å². The van der Waals surface area contributed by atoms with Gasteiger partial charge in [-0.2, -0.15) is 5.10 Å². The lowest BCUT2D eigenvalue weighted by Gasteiger charge is -2.31. The molecule has 0 N–H and O–H groups in total. The van der Waals surface area contributed by atoms with Crippen molar-refractivity contribution in [1.29, 1.82) is 0 Å². The third-order valence-electron chi connectivity index (χ3n) is 5.02. The van der Waals surface area contributed by atoms with E-state index in [1.54, 1.807) is 30.2 Å². The second-order valence-electron chi connectivity index (χ2n) is 6.54. The molecule has 0 atom stereocenters. The van der Waals surface area contributed by atoms with E-state index in [9.17, 15) is 9.59 Å². The average Bonchev–Trinajstić information content (AvgIpc) is 2.73. The number of aromatic nitrogens is 2. The first-order valence-corrected chi connectivity index (χ1v) is 9.13. The maximum Gasteiger partial charge on any atom is 0.279 e. The summed E-state index contributed by atoms with van der Waals surface area (Å²) >= 11 is 0. The largest absolute Gasteiger partial charge is 0.495 e. The Kier molecular flexibility index (Phi) is 4.39. The van der Waals surface area contributed by atoms with Crippen LogP contribution in [0.1, 0.15) is 29.4 Å². The summed E-state index contributed by atoms with van der Waals surface area (Å²) < 4.78 is 6.86. The summed E-state index contributed by atoms with van der Waals surface area (Å²) in [6, 6.07) is 13.0. The monoisotopic (exact) mass is 363 g/mol. The van der Waals surface area contributed by atoms with Crippen molar-refractivity contribution in [3.05, 3.63) is 64.1 Å². The number of methoxy groups -OCH3 is 1. The third-order valence-corrected chi connectivity index (χ3v) is 5.02. The Bertz CT molecular complexity index is 1070.